The molecule has 0 unspecified atom stereocenters. The lowest BCUT2D eigenvalue weighted by Crippen LogP contribution is -2.02. The maximum atomic E-state index is 5.15. The van der Waals surface area contributed by atoms with Crippen molar-refractivity contribution in [2.45, 2.75) is 40.2 Å². The molecule has 2 heterocycles. The molecular formula is C11H16N4O. The van der Waals surface area contributed by atoms with Gasteiger partial charge in [-0.2, -0.15) is 4.98 Å². The van der Waals surface area contributed by atoms with Crippen LogP contribution < -0.4 is 0 Å². The summed E-state index contributed by atoms with van der Waals surface area (Å²) in [5.74, 6) is 1.65. The Hall–Kier alpha value is -1.65. The third-order valence-corrected chi connectivity index (χ3v) is 2.63. The van der Waals surface area contributed by atoms with Crippen molar-refractivity contribution in [3.8, 4) is 0 Å². The summed E-state index contributed by atoms with van der Waals surface area (Å²) in [5.41, 5.74) is 2.17. The monoisotopic (exact) mass is 220 g/mol. The van der Waals surface area contributed by atoms with Gasteiger partial charge in [0.15, 0.2) is 5.82 Å². The van der Waals surface area contributed by atoms with Crippen LogP contribution in [0.15, 0.2) is 10.9 Å². The topological polar surface area (TPSA) is 56.7 Å². The zero-order chi connectivity index (χ0) is 11.7. The van der Waals surface area contributed by atoms with Crippen molar-refractivity contribution in [2.75, 3.05) is 0 Å². The van der Waals surface area contributed by atoms with Gasteiger partial charge in [0.1, 0.15) is 0 Å². The van der Waals surface area contributed by atoms with Crippen LogP contribution in [0.25, 0.3) is 0 Å². The minimum absolute atomic E-state index is 0.270. The quantitative estimate of drug-likeness (QED) is 0.794. The summed E-state index contributed by atoms with van der Waals surface area (Å²) in [6.45, 7) is 8.70. The van der Waals surface area contributed by atoms with Gasteiger partial charge in [-0.05, 0) is 13.8 Å². The van der Waals surface area contributed by atoms with E-state index in [1.54, 1.807) is 6.33 Å². The third-order valence-electron chi connectivity index (χ3n) is 2.63. The van der Waals surface area contributed by atoms with E-state index in [1.165, 1.54) is 0 Å². The van der Waals surface area contributed by atoms with E-state index in [9.17, 15) is 0 Å². The molecule has 5 nitrogen and oxygen atoms in total. The summed E-state index contributed by atoms with van der Waals surface area (Å²) in [5, 5.41) is 3.95. The molecule has 0 aromatic carbocycles. The Balaban J connectivity index is 2.17. The number of imidazole rings is 1. The van der Waals surface area contributed by atoms with Crippen molar-refractivity contribution in [1.29, 1.82) is 0 Å². The highest BCUT2D eigenvalue weighted by Gasteiger charge is 2.11. The van der Waals surface area contributed by atoms with Gasteiger partial charge in [0, 0.05) is 11.6 Å². The zero-order valence-corrected chi connectivity index (χ0v) is 10.1. The molecule has 0 bridgehead atoms. The zero-order valence-electron chi connectivity index (χ0n) is 10.1. The fourth-order valence-electron chi connectivity index (χ4n) is 1.42. The van der Waals surface area contributed by atoms with E-state index < -0.39 is 0 Å². The largest absolute Gasteiger partial charge is 0.339 e. The molecule has 0 amide bonds. The molecule has 0 atom stereocenters. The first kappa shape index (κ1) is 10.9. The molecule has 0 aliphatic carbocycles. The van der Waals surface area contributed by atoms with Gasteiger partial charge in [-0.1, -0.05) is 19.0 Å². The Morgan fingerprint density at radius 3 is 2.62 bits per heavy atom. The first-order valence-electron chi connectivity index (χ1n) is 5.38. The van der Waals surface area contributed by atoms with E-state index >= 15 is 0 Å². The maximum absolute atomic E-state index is 5.15. The molecule has 2 aromatic heterocycles. The fraction of sp³-hybridized carbons (Fsp3) is 0.545. The highest BCUT2D eigenvalue weighted by molar-refractivity contribution is 5.09. The van der Waals surface area contributed by atoms with Crippen LogP contribution in [0.3, 0.4) is 0 Å². The average Bonchev–Trinajstić information content (AvgIpc) is 2.81. The van der Waals surface area contributed by atoms with E-state index in [1.807, 2.05) is 32.3 Å². The van der Waals surface area contributed by atoms with Gasteiger partial charge < -0.3 is 9.09 Å². The minimum Gasteiger partial charge on any atom is -0.339 e. The van der Waals surface area contributed by atoms with Crippen LogP contribution in [-0.2, 0) is 6.54 Å². The smallest absolute Gasteiger partial charge is 0.229 e. The van der Waals surface area contributed by atoms with Crippen molar-refractivity contribution in [1.82, 2.24) is 19.7 Å². The number of nitrogens with zero attached hydrogens (tertiary/aromatic N) is 4. The van der Waals surface area contributed by atoms with E-state index in [0.29, 0.717) is 18.3 Å². The van der Waals surface area contributed by atoms with Crippen LogP contribution in [0.5, 0.6) is 0 Å². The summed E-state index contributed by atoms with van der Waals surface area (Å²) in [6.07, 6.45) is 1.80. The number of aromatic nitrogens is 4. The maximum Gasteiger partial charge on any atom is 0.229 e. The van der Waals surface area contributed by atoms with Crippen LogP contribution in [-0.4, -0.2) is 19.7 Å². The van der Waals surface area contributed by atoms with Gasteiger partial charge in [0.25, 0.3) is 0 Å². The minimum atomic E-state index is 0.270. The van der Waals surface area contributed by atoms with Crippen LogP contribution in [0.4, 0.5) is 0 Å². The predicted molar refractivity (Wildman–Crippen MR) is 59.2 cm³/mol. The first-order chi connectivity index (χ1) is 7.58. The molecule has 0 fully saturated rings. The highest BCUT2D eigenvalue weighted by atomic mass is 16.5. The summed E-state index contributed by atoms with van der Waals surface area (Å²) in [6, 6.07) is 0. The van der Waals surface area contributed by atoms with Crippen LogP contribution in [0.1, 0.15) is 42.9 Å². The average molecular weight is 220 g/mol. The second-order valence-corrected chi connectivity index (χ2v) is 4.25. The first-order valence-corrected chi connectivity index (χ1v) is 5.38. The molecule has 0 aliphatic rings. The van der Waals surface area contributed by atoms with Gasteiger partial charge in [-0.15, -0.1) is 0 Å². The molecule has 0 saturated carbocycles. The van der Waals surface area contributed by atoms with Crippen molar-refractivity contribution in [3.05, 3.63) is 29.4 Å². The Labute approximate surface area is 94.5 Å². The van der Waals surface area contributed by atoms with Crippen molar-refractivity contribution < 1.29 is 4.52 Å². The van der Waals surface area contributed by atoms with Crippen LogP contribution in [0.2, 0.25) is 0 Å². The molecule has 0 saturated heterocycles. The van der Waals surface area contributed by atoms with Gasteiger partial charge in [0.05, 0.1) is 18.6 Å². The molecule has 5 heteroatoms. The normalized spacial score (nSPS) is 11.3. The number of rotatable bonds is 3. The van der Waals surface area contributed by atoms with Gasteiger partial charge in [-0.25, -0.2) is 4.98 Å². The summed E-state index contributed by atoms with van der Waals surface area (Å²) >= 11 is 0. The van der Waals surface area contributed by atoms with E-state index in [-0.39, 0.29) is 5.92 Å². The summed E-state index contributed by atoms with van der Waals surface area (Å²) in [4.78, 5) is 8.56. The van der Waals surface area contributed by atoms with Gasteiger partial charge >= 0.3 is 0 Å². The lowest BCUT2D eigenvalue weighted by Gasteiger charge is -2.00. The number of hydrogen-bond acceptors (Lipinski definition) is 4. The molecule has 0 aliphatic heterocycles. The molecule has 2 rings (SSSR count). The Bertz CT molecular complexity index is 484. The second kappa shape index (κ2) is 4.08. The molecule has 0 spiro atoms. The van der Waals surface area contributed by atoms with Gasteiger partial charge in [0.2, 0.25) is 5.89 Å². The lowest BCUT2D eigenvalue weighted by atomic mass is 10.2. The van der Waals surface area contributed by atoms with Crippen molar-refractivity contribution in [2.24, 2.45) is 0 Å². The standard InChI is InChI=1S/C11H16N4O/c1-7(2)11-13-10(14-16-11)5-15-6-12-8(3)9(15)4/h6-7H,5H2,1-4H3. The second-order valence-electron chi connectivity index (χ2n) is 4.25. The van der Waals surface area contributed by atoms with Gasteiger partial charge in [-0.3, -0.25) is 0 Å². The Morgan fingerprint density at radius 2 is 2.12 bits per heavy atom. The lowest BCUT2D eigenvalue weighted by molar-refractivity contribution is 0.359. The highest BCUT2D eigenvalue weighted by Crippen LogP contribution is 2.12. The third kappa shape index (κ3) is 1.98. The Morgan fingerprint density at radius 1 is 1.38 bits per heavy atom. The number of aryl methyl sites for hydroxylation is 1. The molecule has 16 heavy (non-hydrogen) atoms. The van der Waals surface area contributed by atoms with Crippen molar-refractivity contribution in [3.63, 3.8) is 0 Å². The van der Waals surface area contributed by atoms with E-state index in [4.69, 9.17) is 4.52 Å². The Kier molecular flexibility index (Phi) is 2.77. The molecule has 2 aromatic rings. The molecule has 0 N–H and O–H groups in total. The molecule has 86 valence electrons. The van der Waals surface area contributed by atoms with Crippen LogP contribution in [0, 0.1) is 13.8 Å². The summed E-state index contributed by atoms with van der Waals surface area (Å²) in [7, 11) is 0. The SMILES string of the molecule is Cc1ncn(Cc2noc(C(C)C)n2)c1C. The fourth-order valence-corrected chi connectivity index (χ4v) is 1.42. The summed E-state index contributed by atoms with van der Waals surface area (Å²) < 4.78 is 7.17. The number of hydrogen-bond donors (Lipinski definition) is 0. The predicted octanol–water partition coefficient (Wildman–Crippen LogP) is 2.05. The molecular weight excluding hydrogens is 204 g/mol. The van der Waals surface area contributed by atoms with E-state index in [0.717, 1.165) is 11.4 Å². The van der Waals surface area contributed by atoms with E-state index in [2.05, 4.69) is 15.1 Å². The van der Waals surface area contributed by atoms with Crippen LogP contribution >= 0.6 is 0 Å². The van der Waals surface area contributed by atoms with Crippen molar-refractivity contribution >= 4 is 0 Å². The molecule has 0 radical (unpaired) electrons.